The molecule has 3 heterocycles. The molecule has 0 amide bonds. The van der Waals surface area contributed by atoms with Gasteiger partial charge in [-0.25, -0.2) is 0 Å². The summed E-state index contributed by atoms with van der Waals surface area (Å²) >= 11 is 0. The number of nitrogens with zero attached hydrogens (tertiary/aromatic N) is 3. The van der Waals surface area contributed by atoms with Gasteiger partial charge in [-0.2, -0.15) is 0 Å². The lowest BCUT2D eigenvalue weighted by molar-refractivity contribution is 0.332. The molecule has 5 heteroatoms. The smallest absolute Gasteiger partial charge is 0.333 e. The lowest BCUT2D eigenvalue weighted by atomic mass is 9.43. The van der Waals surface area contributed by atoms with Crippen molar-refractivity contribution in [3.8, 4) is 11.1 Å². The molecule has 78 heavy (non-hydrogen) atoms. The third-order valence-electron chi connectivity index (χ3n) is 18.1. The Hall–Kier alpha value is -7.50. The lowest BCUT2D eigenvalue weighted by Crippen LogP contribution is -2.61. The average molecular weight is 1020 g/mol. The van der Waals surface area contributed by atoms with Crippen molar-refractivity contribution < 1.29 is 4.42 Å². The van der Waals surface area contributed by atoms with Crippen LogP contribution in [-0.4, -0.2) is 6.85 Å². The topological polar surface area (TPSA) is 22.9 Å². The van der Waals surface area contributed by atoms with Gasteiger partial charge in [0.25, 0.3) is 0 Å². The molecule has 0 spiro atoms. The zero-order valence-electron chi connectivity index (χ0n) is 48.4. The average Bonchev–Trinajstić information content (AvgIpc) is 3.38. The molecule has 390 valence electrons. The molecule has 0 N–H and O–H groups in total. The third-order valence-corrected chi connectivity index (χ3v) is 18.1. The van der Waals surface area contributed by atoms with Gasteiger partial charge in [-0.05, 0) is 186 Å². The van der Waals surface area contributed by atoms with Gasteiger partial charge in [0.15, 0.2) is 5.58 Å². The molecule has 1 aromatic heterocycles. The van der Waals surface area contributed by atoms with Gasteiger partial charge in [-0.15, -0.1) is 0 Å². The fraction of sp³-hybridized carbons (Fsp3) is 0.288. The summed E-state index contributed by atoms with van der Waals surface area (Å²) in [5.41, 5.74) is 24.0. The highest BCUT2D eigenvalue weighted by molar-refractivity contribution is 6.94. The van der Waals surface area contributed by atoms with Crippen LogP contribution in [0.2, 0.25) is 0 Å². The van der Waals surface area contributed by atoms with Crippen LogP contribution >= 0.6 is 0 Å². The largest absolute Gasteiger partial charge is 0.454 e. The molecule has 0 fully saturated rings. The van der Waals surface area contributed by atoms with Gasteiger partial charge >= 0.3 is 6.85 Å². The van der Waals surface area contributed by atoms with E-state index < -0.39 is 0 Å². The highest BCUT2D eigenvalue weighted by Gasteiger charge is 2.48. The first-order chi connectivity index (χ1) is 37.0. The Balaban J connectivity index is 1.17. The van der Waals surface area contributed by atoms with Crippen LogP contribution in [0.1, 0.15) is 136 Å². The van der Waals surface area contributed by atoms with Crippen LogP contribution in [-0.2, 0) is 27.1 Å². The van der Waals surface area contributed by atoms with Gasteiger partial charge in [-0.1, -0.05) is 181 Å². The molecular formula is C73H74BN3O. The number of benzene rings is 9. The molecule has 0 saturated carbocycles. The van der Waals surface area contributed by atoms with E-state index in [0.29, 0.717) is 0 Å². The second-order valence-electron chi connectivity index (χ2n) is 27.4. The van der Waals surface area contributed by atoms with Crippen LogP contribution in [0.25, 0.3) is 43.8 Å². The second kappa shape index (κ2) is 17.3. The minimum absolute atomic E-state index is 0.00192. The molecule has 2 aliphatic heterocycles. The highest BCUT2D eigenvalue weighted by Crippen LogP contribution is 2.55. The van der Waals surface area contributed by atoms with E-state index in [0.717, 1.165) is 68.9 Å². The standard InChI is InChI=1S/C73H74BN3O/c1-45-39-59-60(73(13,14)38-37-72(59,11)12)44-62(45)76-64-42-54(75(51-29-23-48(24-30-51)69(2,3)4)52-31-25-49(26-32-52)70(5,6)7)35-36-61(64)74-66-57(43-58-55-21-17-18-22-65(55)78-68(58)67(66)76)56-40-46-19-15-16-20-47(46)41-63(56)77(74)53-33-27-50(28-34-53)71(8,9)10/h15-36,39-44H,37-38H2,1-14H3. The maximum absolute atomic E-state index is 7.39. The quantitative estimate of drug-likeness (QED) is 0.160. The van der Waals surface area contributed by atoms with Crippen LogP contribution in [0.4, 0.5) is 45.5 Å². The van der Waals surface area contributed by atoms with Crippen molar-refractivity contribution >= 4 is 96.0 Å². The molecule has 0 unspecified atom stereocenters. The Morgan fingerprint density at radius 3 is 1.60 bits per heavy atom. The van der Waals surface area contributed by atoms with Crippen molar-refractivity contribution in [1.29, 1.82) is 0 Å². The Labute approximate surface area is 463 Å². The summed E-state index contributed by atoms with van der Waals surface area (Å²) in [6, 6.07) is 65.3. The Morgan fingerprint density at radius 2 is 1.01 bits per heavy atom. The SMILES string of the molecule is Cc1cc2c(cc1N1c3cc(N(c4ccc(C(C)(C)C)cc4)c4ccc(C(C)(C)C)cc4)ccc3B3c4c(cc5c(oc6ccccc65)c41)-c1cc4ccccc4cc1N3c1ccc(C(C)(C)C)cc1)C(C)(C)CCC2(C)C. The van der Waals surface area contributed by atoms with E-state index in [-0.39, 0.29) is 33.9 Å². The summed E-state index contributed by atoms with van der Waals surface area (Å²) in [4.78, 5) is 7.77. The Kier molecular flexibility index (Phi) is 11.1. The van der Waals surface area contributed by atoms with E-state index in [1.54, 1.807) is 0 Å². The van der Waals surface area contributed by atoms with Gasteiger partial charge in [0.05, 0.1) is 5.69 Å². The normalized spacial score (nSPS) is 15.6. The summed E-state index contributed by atoms with van der Waals surface area (Å²) in [7, 11) is 0. The maximum atomic E-state index is 7.39. The van der Waals surface area contributed by atoms with E-state index in [1.165, 1.54) is 77.6 Å². The molecule has 0 radical (unpaired) electrons. The van der Waals surface area contributed by atoms with Crippen LogP contribution in [0.3, 0.4) is 0 Å². The zero-order chi connectivity index (χ0) is 54.6. The predicted molar refractivity (Wildman–Crippen MR) is 336 cm³/mol. The van der Waals surface area contributed by atoms with E-state index >= 15 is 0 Å². The van der Waals surface area contributed by atoms with Crippen molar-refractivity contribution in [2.24, 2.45) is 0 Å². The Bertz CT molecular complexity index is 3990. The lowest BCUT2D eigenvalue weighted by Gasteiger charge is -2.47. The van der Waals surface area contributed by atoms with Crippen molar-refractivity contribution in [3.05, 3.63) is 203 Å². The van der Waals surface area contributed by atoms with Gasteiger partial charge in [-0.3, -0.25) is 0 Å². The Morgan fingerprint density at radius 1 is 0.487 bits per heavy atom. The molecule has 0 bridgehead atoms. The summed E-state index contributed by atoms with van der Waals surface area (Å²) in [5.74, 6) is 0. The van der Waals surface area contributed by atoms with E-state index in [2.05, 4.69) is 281 Å². The molecule has 13 rings (SSSR count). The highest BCUT2D eigenvalue weighted by atomic mass is 16.3. The van der Waals surface area contributed by atoms with Gasteiger partial charge < -0.3 is 19.0 Å². The van der Waals surface area contributed by atoms with Crippen LogP contribution in [0, 0.1) is 6.92 Å². The third kappa shape index (κ3) is 7.92. The molecule has 4 nitrogen and oxygen atoms in total. The predicted octanol–water partition coefficient (Wildman–Crippen LogP) is 19.5. The maximum Gasteiger partial charge on any atom is 0.333 e. The van der Waals surface area contributed by atoms with Crippen molar-refractivity contribution in [2.45, 2.75) is 137 Å². The van der Waals surface area contributed by atoms with Crippen LogP contribution < -0.4 is 25.5 Å². The first-order valence-electron chi connectivity index (χ1n) is 28.5. The van der Waals surface area contributed by atoms with Crippen LogP contribution in [0.5, 0.6) is 0 Å². The van der Waals surface area contributed by atoms with E-state index in [4.69, 9.17) is 4.42 Å². The number of para-hydroxylation sites is 1. The monoisotopic (exact) mass is 1020 g/mol. The molecule has 1 aliphatic carbocycles. The summed E-state index contributed by atoms with van der Waals surface area (Å²) in [6.07, 6.45) is 2.27. The molecule has 9 aromatic carbocycles. The van der Waals surface area contributed by atoms with E-state index in [9.17, 15) is 0 Å². The summed E-state index contributed by atoms with van der Waals surface area (Å²) in [5, 5.41) is 4.70. The van der Waals surface area contributed by atoms with Crippen molar-refractivity contribution in [1.82, 2.24) is 0 Å². The number of anilines is 8. The molecule has 3 aliphatic rings. The summed E-state index contributed by atoms with van der Waals surface area (Å²) in [6.45, 7) is 32.6. The number of fused-ring (bicyclic) bond motifs is 10. The molecule has 10 aromatic rings. The number of hydrogen-bond donors (Lipinski definition) is 0. The number of hydrogen-bond acceptors (Lipinski definition) is 4. The fourth-order valence-corrected chi connectivity index (χ4v) is 13.3. The minimum atomic E-state index is -0.221. The molecular weight excluding hydrogens is 946 g/mol. The number of rotatable bonds is 5. The van der Waals surface area contributed by atoms with Crippen molar-refractivity contribution in [3.63, 3.8) is 0 Å². The zero-order valence-corrected chi connectivity index (χ0v) is 48.4. The number of aryl methyl sites for hydroxylation is 1. The molecule has 0 atom stereocenters. The van der Waals surface area contributed by atoms with Crippen molar-refractivity contribution in [2.75, 3.05) is 14.6 Å². The van der Waals surface area contributed by atoms with Gasteiger partial charge in [0.1, 0.15) is 5.58 Å². The first-order valence-corrected chi connectivity index (χ1v) is 28.5. The molecule has 0 saturated heterocycles. The van der Waals surface area contributed by atoms with Gasteiger partial charge in [0, 0.05) is 56.1 Å². The second-order valence-corrected chi connectivity index (χ2v) is 27.4. The van der Waals surface area contributed by atoms with Crippen LogP contribution in [0.15, 0.2) is 174 Å². The van der Waals surface area contributed by atoms with E-state index in [1.807, 2.05) is 0 Å². The first kappa shape index (κ1) is 50.0. The number of furan rings is 1. The minimum Gasteiger partial charge on any atom is -0.454 e. The summed E-state index contributed by atoms with van der Waals surface area (Å²) < 4.78 is 7.39. The van der Waals surface area contributed by atoms with Gasteiger partial charge in [0.2, 0.25) is 0 Å². The fourth-order valence-electron chi connectivity index (χ4n) is 13.3.